The topological polar surface area (TPSA) is 0 Å². The van der Waals surface area contributed by atoms with Gasteiger partial charge in [-0.25, -0.2) is 0 Å². The van der Waals surface area contributed by atoms with Crippen molar-refractivity contribution in [1.29, 1.82) is 0 Å². The number of rotatable bonds is 3. The van der Waals surface area contributed by atoms with Gasteiger partial charge in [0, 0.05) is 0 Å². The lowest BCUT2D eigenvalue weighted by atomic mass is 9.95. The molecule has 0 aliphatic heterocycles. The number of aryl methyl sites for hydroxylation is 2. The summed E-state index contributed by atoms with van der Waals surface area (Å²) in [6.07, 6.45) is 1.16. The van der Waals surface area contributed by atoms with Crippen molar-refractivity contribution in [2.45, 2.75) is 41.0 Å². The minimum atomic E-state index is 0.717. The minimum Gasteiger partial charge on any atom is -0.0625 e. The van der Waals surface area contributed by atoms with E-state index in [-0.39, 0.29) is 0 Å². The van der Waals surface area contributed by atoms with Crippen molar-refractivity contribution in [2.24, 2.45) is 5.92 Å². The van der Waals surface area contributed by atoms with Crippen molar-refractivity contribution >= 4 is 0 Å². The van der Waals surface area contributed by atoms with Crippen LogP contribution in [0.2, 0.25) is 0 Å². The zero-order valence-electron chi connectivity index (χ0n) is 12.7. The fourth-order valence-corrected chi connectivity index (χ4v) is 2.51. The molecule has 2 rings (SSSR count). The molecule has 0 bridgehead atoms. The van der Waals surface area contributed by atoms with Gasteiger partial charge in [0.05, 0.1) is 0 Å². The molecule has 0 fully saturated rings. The molecule has 19 heavy (non-hydrogen) atoms. The van der Waals surface area contributed by atoms with Gasteiger partial charge in [0.1, 0.15) is 0 Å². The Kier molecular flexibility index (Phi) is 4.09. The molecule has 0 spiro atoms. The molecule has 0 N–H and O–H groups in total. The van der Waals surface area contributed by atoms with Gasteiger partial charge < -0.3 is 0 Å². The molecule has 100 valence electrons. The minimum absolute atomic E-state index is 0.717. The van der Waals surface area contributed by atoms with Crippen LogP contribution in [-0.4, -0.2) is 0 Å². The second-order valence-electron chi connectivity index (χ2n) is 6.03. The maximum Gasteiger partial charge on any atom is -0.0179 e. The molecule has 0 unspecified atom stereocenters. The predicted molar refractivity (Wildman–Crippen MR) is 84.6 cm³/mol. The standard InChI is InChI=1S/C19H24/c1-13(2)10-17-6-8-18(9-7-17)19-11-14(3)16(5)15(4)12-19/h6-9,11-13H,10H2,1-5H3. The highest BCUT2D eigenvalue weighted by Gasteiger charge is 2.04. The molecule has 0 heteroatoms. The van der Waals surface area contributed by atoms with Crippen molar-refractivity contribution in [1.82, 2.24) is 0 Å². The largest absolute Gasteiger partial charge is 0.0625 e. The number of benzene rings is 2. The molecular formula is C19H24. The summed E-state index contributed by atoms with van der Waals surface area (Å²) in [5, 5.41) is 0. The van der Waals surface area contributed by atoms with E-state index in [4.69, 9.17) is 0 Å². The molecule has 0 saturated heterocycles. The van der Waals surface area contributed by atoms with Gasteiger partial charge >= 0.3 is 0 Å². The molecule has 2 aromatic rings. The lowest BCUT2D eigenvalue weighted by molar-refractivity contribution is 0.647. The first-order valence-electron chi connectivity index (χ1n) is 7.14. The Balaban J connectivity index is 2.32. The summed E-state index contributed by atoms with van der Waals surface area (Å²) in [4.78, 5) is 0. The van der Waals surface area contributed by atoms with Crippen molar-refractivity contribution in [3.8, 4) is 11.1 Å². The summed E-state index contributed by atoms with van der Waals surface area (Å²) in [5.41, 5.74) is 8.23. The predicted octanol–water partition coefficient (Wildman–Crippen LogP) is 5.48. The van der Waals surface area contributed by atoms with Crippen LogP contribution in [0.25, 0.3) is 11.1 Å². The van der Waals surface area contributed by atoms with Gasteiger partial charge in [-0.05, 0) is 66.5 Å². The lowest BCUT2D eigenvalue weighted by Gasteiger charge is -2.10. The van der Waals surface area contributed by atoms with Crippen molar-refractivity contribution in [2.75, 3.05) is 0 Å². The highest BCUT2D eigenvalue weighted by molar-refractivity contribution is 5.66. The van der Waals surface area contributed by atoms with Crippen LogP contribution in [0.15, 0.2) is 36.4 Å². The Labute approximate surface area is 117 Å². The van der Waals surface area contributed by atoms with Gasteiger partial charge in [-0.2, -0.15) is 0 Å². The molecule has 0 atom stereocenters. The van der Waals surface area contributed by atoms with Crippen molar-refractivity contribution < 1.29 is 0 Å². The van der Waals surface area contributed by atoms with Gasteiger partial charge in [-0.3, -0.25) is 0 Å². The van der Waals surface area contributed by atoms with E-state index < -0.39 is 0 Å². The Morgan fingerprint density at radius 1 is 0.789 bits per heavy atom. The Morgan fingerprint density at radius 2 is 1.32 bits per heavy atom. The first-order chi connectivity index (χ1) is 8.97. The fraction of sp³-hybridized carbons (Fsp3) is 0.368. The molecule has 0 nitrogen and oxygen atoms in total. The van der Waals surface area contributed by atoms with E-state index in [9.17, 15) is 0 Å². The first kappa shape index (κ1) is 13.9. The maximum atomic E-state index is 2.29. The molecule has 0 radical (unpaired) electrons. The van der Waals surface area contributed by atoms with Gasteiger partial charge in [0.15, 0.2) is 0 Å². The van der Waals surface area contributed by atoms with E-state index in [2.05, 4.69) is 71.0 Å². The molecule has 0 saturated carbocycles. The van der Waals surface area contributed by atoms with E-state index >= 15 is 0 Å². The molecular weight excluding hydrogens is 228 g/mol. The second kappa shape index (κ2) is 5.61. The van der Waals surface area contributed by atoms with Gasteiger partial charge in [-0.1, -0.05) is 50.2 Å². The second-order valence-corrected chi connectivity index (χ2v) is 6.03. The third-order valence-corrected chi connectivity index (χ3v) is 3.86. The van der Waals surface area contributed by atoms with E-state index in [1.54, 1.807) is 0 Å². The maximum absolute atomic E-state index is 2.29. The molecule has 0 heterocycles. The van der Waals surface area contributed by atoms with Crippen molar-refractivity contribution in [3.05, 3.63) is 58.7 Å². The normalized spacial score (nSPS) is 11.1. The number of hydrogen-bond acceptors (Lipinski definition) is 0. The van der Waals surface area contributed by atoms with E-state index in [1.807, 2.05) is 0 Å². The summed E-state index contributed by atoms with van der Waals surface area (Å²) < 4.78 is 0. The Hall–Kier alpha value is -1.56. The van der Waals surface area contributed by atoms with Crippen LogP contribution in [0.1, 0.15) is 36.1 Å². The van der Waals surface area contributed by atoms with Crippen LogP contribution >= 0.6 is 0 Å². The van der Waals surface area contributed by atoms with Crippen LogP contribution in [0, 0.1) is 26.7 Å². The summed E-state index contributed by atoms with van der Waals surface area (Å²) in [5.74, 6) is 0.717. The Morgan fingerprint density at radius 3 is 1.79 bits per heavy atom. The SMILES string of the molecule is Cc1cc(-c2ccc(CC(C)C)cc2)cc(C)c1C. The van der Waals surface area contributed by atoms with Gasteiger partial charge in [0.25, 0.3) is 0 Å². The Bertz CT molecular complexity index is 536. The van der Waals surface area contributed by atoms with E-state index in [1.165, 1.54) is 33.4 Å². The zero-order chi connectivity index (χ0) is 14.0. The van der Waals surface area contributed by atoms with Gasteiger partial charge in [0.2, 0.25) is 0 Å². The summed E-state index contributed by atoms with van der Waals surface area (Å²) in [6.45, 7) is 11.1. The molecule has 0 aromatic heterocycles. The monoisotopic (exact) mass is 252 g/mol. The summed E-state index contributed by atoms with van der Waals surface area (Å²) in [7, 11) is 0. The number of hydrogen-bond donors (Lipinski definition) is 0. The smallest absolute Gasteiger partial charge is 0.0179 e. The molecule has 0 amide bonds. The average molecular weight is 252 g/mol. The molecule has 0 aliphatic rings. The van der Waals surface area contributed by atoms with E-state index in [0.717, 1.165) is 12.3 Å². The van der Waals surface area contributed by atoms with Crippen LogP contribution in [0.4, 0.5) is 0 Å². The van der Waals surface area contributed by atoms with Crippen LogP contribution < -0.4 is 0 Å². The highest BCUT2D eigenvalue weighted by Crippen LogP contribution is 2.25. The summed E-state index contributed by atoms with van der Waals surface area (Å²) >= 11 is 0. The third-order valence-electron chi connectivity index (χ3n) is 3.86. The zero-order valence-corrected chi connectivity index (χ0v) is 12.7. The van der Waals surface area contributed by atoms with Crippen molar-refractivity contribution in [3.63, 3.8) is 0 Å². The highest BCUT2D eigenvalue weighted by atomic mass is 14.1. The summed E-state index contributed by atoms with van der Waals surface area (Å²) in [6, 6.07) is 13.6. The van der Waals surface area contributed by atoms with Crippen LogP contribution in [0.3, 0.4) is 0 Å². The third kappa shape index (κ3) is 3.26. The van der Waals surface area contributed by atoms with Crippen LogP contribution in [0.5, 0.6) is 0 Å². The average Bonchev–Trinajstić information content (AvgIpc) is 2.35. The molecule has 2 aromatic carbocycles. The first-order valence-corrected chi connectivity index (χ1v) is 7.14. The fourth-order valence-electron chi connectivity index (χ4n) is 2.51. The van der Waals surface area contributed by atoms with Crippen LogP contribution in [-0.2, 0) is 6.42 Å². The quantitative estimate of drug-likeness (QED) is 0.678. The lowest BCUT2D eigenvalue weighted by Crippen LogP contribution is -1.94. The molecule has 0 aliphatic carbocycles. The van der Waals surface area contributed by atoms with E-state index in [0.29, 0.717) is 0 Å². The van der Waals surface area contributed by atoms with Gasteiger partial charge in [-0.15, -0.1) is 0 Å².